The minimum atomic E-state index is -4.47. The van der Waals surface area contributed by atoms with Gasteiger partial charge in [0.05, 0.1) is 10.6 Å². The Labute approximate surface area is 170 Å². The number of carbonyl (C=O) groups is 2. The number of thioether (sulfide) groups is 1. The SMILES string of the molecule is Cl.N[C@@H]1CCCN(c2c(C=C3SC(=O)NC3=O)cccc2OCC(F)(F)F)C1. The van der Waals surface area contributed by atoms with Gasteiger partial charge in [0.25, 0.3) is 11.1 Å². The van der Waals surface area contributed by atoms with Crippen molar-refractivity contribution in [2.45, 2.75) is 25.1 Å². The molecule has 0 aromatic heterocycles. The van der Waals surface area contributed by atoms with E-state index >= 15 is 0 Å². The summed E-state index contributed by atoms with van der Waals surface area (Å²) < 4.78 is 42.9. The van der Waals surface area contributed by atoms with E-state index in [4.69, 9.17) is 10.5 Å². The summed E-state index contributed by atoms with van der Waals surface area (Å²) in [5, 5.41) is 1.67. The van der Waals surface area contributed by atoms with Crippen molar-refractivity contribution >= 4 is 47.1 Å². The van der Waals surface area contributed by atoms with Crippen LogP contribution in [-0.4, -0.2) is 43.1 Å². The third kappa shape index (κ3) is 5.55. The minimum Gasteiger partial charge on any atom is -0.482 e. The fourth-order valence-electron chi connectivity index (χ4n) is 3.05. The van der Waals surface area contributed by atoms with Gasteiger partial charge in [-0.05, 0) is 36.7 Å². The largest absolute Gasteiger partial charge is 0.482 e. The van der Waals surface area contributed by atoms with Crippen LogP contribution in [0.1, 0.15) is 18.4 Å². The fraction of sp³-hybridized carbons (Fsp3) is 0.412. The number of hydrogen-bond donors (Lipinski definition) is 2. The van der Waals surface area contributed by atoms with Crippen LogP contribution in [0.5, 0.6) is 5.75 Å². The van der Waals surface area contributed by atoms with Crippen molar-refractivity contribution in [2.24, 2.45) is 5.73 Å². The Balaban J connectivity index is 0.00000280. The highest BCUT2D eigenvalue weighted by Crippen LogP contribution is 2.38. The maximum Gasteiger partial charge on any atom is 0.422 e. The van der Waals surface area contributed by atoms with Gasteiger partial charge in [0.1, 0.15) is 5.75 Å². The third-order valence-corrected chi connectivity index (χ3v) is 4.93. The van der Waals surface area contributed by atoms with Crippen LogP contribution in [0.15, 0.2) is 23.1 Å². The zero-order valence-electron chi connectivity index (χ0n) is 14.6. The van der Waals surface area contributed by atoms with Gasteiger partial charge in [-0.3, -0.25) is 14.9 Å². The fourth-order valence-corrected chi connectivity index (χ4v) is 3.72. The number of hydrogen-bond acceptors (Lipinski definition) is 6. The second kappa shape index (κ2) is 9.06. The Kier molecular flexibility index (Phi) is 7.24. The summed E-state index contributed by atoms with van der Waals surface area (Å²) >= 11 is 0.745. The molecule has 1 atom stereocenters. The van der Waals surface area contributed by atoms with E-state index in [2.05, 4.69) is 5.32 Å². The highest BCUT2D eigenvalue weighted by Gasteiger charge is 2.31. The number of imide groups is 1. The number of ether oxygens (including phenoxy) is 1. The lowest BCUT2D eigenvalue weighted by atomic mass is 10.0. The molecule has 28 heavy (non-hydrogen) atoms. The molecule has 0 unspecified atom stereocenters. The molecule has 0 radical (unpaired) electrons. The van der Waals surface area contributed by atoms with Crippen LogP contribution in [-0.2, 0) is 4.79 Å². The summed E-state index contributed by atoms with van der Waals surface area (Å²) in [5.74, 6) is -0.474. The van der Waals surface area contributed by atoms with Crippen LogP contribution in [0.2, 0.25) is 0 Å². The summed E-state index contributed by atoms with van der Waals surface area (Å²) in [7, 11) is 0. The van der Waals surface area contributed by atoms with Crippen LogP contribution in [0.25, 0.3) is 6.08 Å². The van der Waals surface area contributed by atoms with Gasteiger partial charge in [0.2, 0.25) is 0 Å². The number of piperidine rings is 1. The van der Waals surface area contributed by atoms with Crippen molar-refractivity contribution in [3.8, 4) is 5.75 Å². The van der Waals surface area contributed by atoms with Gasteiger partial charge in [0.15, 0.2) is 6.61 Å². The van der Waals surface area contributed by atoms with E-state index in [-0.39, 0.29) is 29.1 Å². The van der Waals surface area contributed by atoms with E-state index in [1.807, 2.05) is 4.90 Å². The molecule has 0 aliphatic carbocycles. The number of halogens is 4. The summed E-state index contributed by atoms with van der Waals surface area (Å²) in [6.07, 6.45) is -1.37. The monoisotopic (exact) mass is 437 g/mol. The van der Waals surface area contributed by atoms with Gasteiger partial charge >= 0.3 is 6.18 Å². The Morgan fingerprint density at radius 2 is 2.11 bits per heavy atom. The van der Waals surface area contributed by atoms with Crippen LogP contribution < -0.4 is 20.7 Å². The average Bonchev–Trinajstić information content (AvgIpc) is 2.89. The molecule has 0 saturated carbocycles. The molecule has 2 saturated heterocycles. The van der Waals surface area contributed by atoms with Crippen molar-refractivity contribution in [1.29, 1.82) is 0 Å². The van der Waals surface area contributed by atoms with Crippen molar-refractivity contribution in [1.82, 2.24) is 5.32 Å². The summed E-state index contributed by atoms with van der Waals surface area (Å²) in [4.78, 5) is 25.3. The maximum absolute atomic E-state index is 12.6. The quantitative estimate of drug-likeness (QED) is 0.703. The van der Waals surface area contributed by atoms with E-state index in [0.717, 1.165) is 24.6 Å². The zero-order valence-corrected chi connectivity index (χ0v) is 16.3. The molecule has 3 rings (SSSR count). The Hall–Kier alpha value is -1.91. The van der Waals surface area contributed by atoms with Crippen molar-refractivity contribution in [3.05, 3.63) is 28.7 Å². The van der Waals surface area contributed by atoms with E-state index < -0.39 is 23.9 Å². The molecule has 6 nitrogen and oxygen atoms in total. The number of carbonyl (C=O) groups excluding carboxylic acids is 2. The first-order valence-electron chi connectivity index (χ1n) is 8.31. The predicted molar refractivity (Wildman–Crippen MR) is 104 cm³/mol. The molecule has 2 fully saturated rings. The van der Waals surface area contributed by atoms with E-state index in [1.54, 1.807) is 12.1 Å². The number of amides is 2. The lowest BCUT2D eigenvalue weighted by Gasteiger charge is -2.34. The molecule has 11 heteroatoms. The van der Waals surface area contributed by atoms with Crippen molar-refractivity contribution < 1.29 is 27.5 Å². The van der Waals surface area contributed by atoms with Gasteiger partial charge in [-0.2, -0.15) is 13.2 Å². The minimum absolute atomic E-state index is 0. The number of alkyl halides is 3. The van der Waals surface area contributed by atoms with Crippen LogP contribution in [0.3, 0.4) is 0 Å². The summed E-state index contributed by atoms with van der Waals surface area (Å²) in [6.45, 7) is -0.358. The number of nitrogens with one attached hydrogen (secondary N) is 1. The number of benzene rings is 1. The standard InChI is InChI=1S/C17H18F3N3O3S.ClH/c18-17(19,20)9-26-12-5-1-3-10(7-13-15(24)22-16(25)27-13)14(12)23-6-2-4-11(21)8-23;/h1,3,5,7,11H,2,4,6,8-9,21H2,(H,22,24,25);1H/t11-;/m1./s1. The molecular formula is C17H19ClF3N3O3S. The Morgan fingerprint density at radius 1 is 1.36 bits per heavy atom. The van der Waals surface area contributed by atoms with E-state index in [0.29, 0.717) is 24.3 Å². The Morgan fingerprint density at radius 3 is 2.71 bits per heavy atom. The third-order valence-electron chi connectivity index (χ3n) is 4.12. The number of nitrogens with zero attached hydrogens (tertiary/aromatic N) is 1. The smallest absolute Gasteiger partial charge is 0.422 e. The van der Waals surface area contributed by atoms with Crippen LogP contribution in [0.4, 0.5) is 23.7 Å². The van der Waals surface area contributed by atoms with Crippen LogP contribution in [0, 0.1) is 0 Å². The molecule has 2 aliphatic heterocycles. The highest BCUT2D eigenvalue weighted by atomic mass is 35.5. The average molecular weight is 438 g/mol. The number of anilines is 1. The first kappa shape index (κ1) is 22.4. The topological polar surface area (TPSA) is 84.7 Å². The second-order valence-electron chi connectivity index (χ2n) is 6.30. The predicted octanol–water partition coefficient (Wildman–Crippen LogP) is 3.30. The molecule has 3 N–H and O–H groups in total. The van der Waals surface area contributed by atoms with E-state index in [1.165, 1.54) is 12.1 Å². The zero-order chi connectivity index (χ0) is 19.6. The molecule has 154 valence electrons. The van der Waals surface area contributed by atoms with Gasteiger partial charge < -0.3 is 15.4 Å². The summed E-state index contributed by atoms with van der Waals surface area (Å²) in [5.41, 5.74) is 6.96. The number of nitrogens with two attached hydrogens (primary N) is 1. The molecule has 0 spiro atoms. The number of rotatable bonds is 4. The molecule has 2 heterocycles. The molecule has 1 aromatic carbocycles. The van der Waals surface area contributed by atoms with E-state index in [9.17, 15) is 22.8 Å². The first-order chi connectivity index (χ1) is 12.7. The molecule has 2 aliphatic rings. The van der Waals surface area contributed by atoms with Gasteiger partial charge in [-0.15, -0.1) is 12.4 Å². The van der Waals surface area contributed by atoms with Gasteiger partial charge in [-0.25, -0.2) is 0 Å². The summed E-state index contributed by atoms with van der Waals surface area (Å²) in [6, 6.07) is 4.56. The van der Waals surface area contributed by atoms with Gasteiger partial charge in [0, 0.05) is 24.7 Å². The lowest BCUT2D eigenvalue weighted by Crippen LogP contribution is -2.43. The Bertz CT molecular complexity index is 789. The molecule has 0 bridgehead atoms. The first-order valence-corrected chi connectivity index (χ1v) is 9.12. The highest BCUT2D eigenvalue weighted by molar-refractivity contribution is 8.18. The molecule has 1 aromatic rings. The van der Waals surface area contributed by atoms with Crippen molar-refractivity contribution in [3.63, 3.8) is 0 Å². The normalized spacial score (nSPS) is 21.5. The van der Waals surface area contributed by atoms with Crippen LogP contribution >= 0.6 is 24.2 Å². The van der Waals surface area contributed by atoms with Crippen molar-refractivity contribution in [2.75, 3.05) is 24.6 Å². The molecular weight excluding hydrogens is 419 g/mol. The maximum atomic E-state index is 12.6. The second-order valence-corrected chi connectivity index (χ2v) is 7.31. The van der Waals surface area contributed by atoms with Gasteiger partial charge in [-0.1, -0.05) is 12.1 Å². The molecule has 2 amide bonds. The number of para-hydroxylation sites is 1. The lowest BCUT2D eigenvalue weighted by molar-refractivity contribution is -0.153.